The molecule has 9 heteroatoms. The number of guanidine groups is 1. The van der Waals surface area contributed by atoms with Gasteiger partial charge in [0.2, 0.25) is 0 Å². The van der Waals surface area contributed by atoms with Crippen molar-refractivity contribution in [2.45, 2.75) is 31.1 Å². The summed E-state index contributed by atoms with van der Waals surface area (Å²) in [6, 6.07) is 0.538. The fourth-order valence-electron chi connectivity index (χ4n) is 4.00. The number of hydrogen-bond acceptors (Lipinski definition) is 4. The Hall–Kier alpha value is -1.06. The van der Waals surface area contributed by atoms with Gasteiger partial charge in [-0.05, 0) is 12.8 Å². The number of rotatable bonds is 3. The van der Waals surface area contributed by atoms with E-state index < -0.39 is 12.7 Å². The summed E-state index contributed by atoms with van der Waals surface area (Å²) in [7, 11) is 1.74. The van der Waals surface area contributed by atoms with E-state index in [9.17, 15) is 13.2 Å². The van der Waals surface area contributed by atoms with Crippen LogP contribution in [0.15, 0.2) is 4.99 Å². The third kappa shape index (κ3) is 5.21. The maximum Gasteiger partial charge on any atom is 0.401 e. The largest absolute Gasteiger partial charge is 0.401 e. The summed E-state index contributed by atoms with van der Waals surface area (Å²) < 4.78 is 43.0. The summed E-state index contributed by atoms with van der Waals surface area (Å²) in [5.74, 6) is 0.814. The van der Waals surface area contributed by atoms with Gasteiger partial charge in [0, 0.05) is 58.4 Å². The lowest BCUT2D eigenvalue weighted by Gasteiger charge is -2.32. The van der Waals surface area contributed by atoms with Gasteiger partial charge in [0.25, 0.3) is 0 Å². The van der Waals surface area contributed by atoms with Gasteiger partial charge in [-0.2, -0.15) is 13.2 Å². The average molecular weight is 363 g/mol. The van der Waals surface area contributed by atoms with Crippen molar-refractivity contribution >= 4 is 5.96 Å². The molecule has 3 aliphatic rings. The van der Waals surface area contributed by atoms with Crippen LogP contribution < -0.4 is 5.32 Å². The van der Waals surface area contributed by atoms with Gasteiger partial charge < -0.3 is 15.0 Å². The van der Waals surface area contributed by atoms with Crippen molar-refractivity contribution in [3.05, 3.63) is 0 Å². The molecule has 0 spiro atoms. The Morgan fingerprint density at radius 2 is 1.88 bits per heavy atom. The second kappa shape index (κ2) is 8.09. The van der Waals surface area contributed by atoms with Gasteiger partial charge in [-0.15, -0.1) is 0 Å². The molecule has 3 saturated heterocycles. The van der Waals surface area contributed by atoms with Crippen LogP contribution in [0.5, 0.6) is 0 Å². The smallest absolute Gasteiger partial charge is 0.379 e. The van der Waals surface area contributed by atoms with E-state index in [1.54, 1.807) is 7.05 Å². The molecule has 0 aromatic carbocycles. The van der Waals surface area contributed by atoms with Crippen LogP contribution in [-0.2, 0) is 4.74 Å². The molecule has 0 aromatic rings. The first-order chi connectivity index (χ1) is 11.9. The maximum absolute atomic E-state index is 12.5. The number of nitrogens with one attached hydrogen (secondary N) is 1. The normalized spacial score (nSPS) is 30.2. The Morgan fingerprint density at radius 1 is 1.12 bits per heavy atom. The lowest BCUT2D eigenvalue weighted by atomic mass is 10.2. The van der Waals surface area contributed by atoms with Crippen LogP contribution in [0.1, 0.15) is 12.8 Å². The van der Waals surface area contributed by atoms with Gasteiger partial charge in [0.15, 0.2) is 5.96 Å². The zero-order valence-electron chi connectivity index (χ0n) is 14.8. The maximum atomic E-state index is 12.5. The van der Waals surface area contributed by atoms with Crippen molar-refractivity contribution < 1.29 is 17.9 Å². The number of halogens is 3. The van der Waals surface area contributed by atoms with Crippen molar-refractivity contribution in [3.8, 4) is 0 Å². The first-order valence-corrected chi connectivity index (χ1v) is 9.04. The summed E-state index contributed by atoms with van der Waals surface area (Å²) in [5, 5.41) is 3.37. The average Bonchev–Trinajstić information content (AvgIpc) is 3.21. The van der Waals surface area contributed by atoms with Gasteiger partial charge in [0.1, 0.15) is 0 Å². The Bertz CT molecular complexity index is 467. The summed E-state index contributed by atoms with van der Waals surface area (Å²) in [6.07, 6.45) is -2.32. The Kier molecular flexibility index (Phi) is 6.06. The highest BCUT2D eigenvalue weighted by molar-refractivity contribution is 5.80. The molecule has 3 rings (SSSR count). The zero-order valence-corrected chi connectivity index (χ0v) is 14.8. The third-order valence-electron chi connectivity index (χ3n) is 5.25. The number of likely N-dealkylation sites (tertiary alicyclic amines) is 2. The minimum absolute atomic E-state index is 0.0310. The van der Waals surface area contributed by atoms with Crippen LogP contribution in [0.25, 0.3) is 0 Å². The van der Waals surface area contributed by atoms with E-state index in [-0.39, 0.29) is 6.04 Å². The summed E-state index contributed by atoms with van der Waals surface area (Å²) >= 11 is 0. The Labute approximate surface area is 147 Å². The molecule has 0 aromatic heterocycles. The van der Waals surface area contributed by atoms with Crippen molar-refractivity contribution in [1.29, 1.82) is 0 Å². The standard InChI is InChI=1S/C16H28F3N5O/c1-20-15(21-13-2-4-22(10-13)12-16(17,18)19)24-5-3-14(11-24)23-6-8-25-9-7-23/h13-14H,2-12H2,1H3,(H,20,21). The van der Waals surface area contributed by atoms with Crippen LogP contribution >= 0.6 is 0 Å². The molecule has 3 fully saturated rings. The van der Waals surface area contributed by atoms with Crippen LogP contribution in [0.3, 0.4) is 0 Å². The first kappa shape index (κ1) is 18.7. The van der Waals surface area contributed by atoms with Crippen molar-refractivity contribution in [2.75, 3.05) is 66.1 Å². The Morgan fingerprint density at radius 3 is 2.56 bits per heavy atom. The minimum Gasteiger partial charge on any atom is -0.379 e. The second-order valence-electron chi connectivity index (χ2n) is 7.06. The van der Waals surface area contributed by atoms with E-state index in [1.165, 1.54) is 4.90 Å². The monoisotopic (exact) mass is 363 g/mol. The molecule has 0 bridgehead atoms. The topological polar surface area (TPSA) is 43.3 Å². The lowest BCUT2D eigenvalue weighted by Crippen LogP contribution is -2.49. The quantitative estimate of drug-likeness (QED) is 0.588. The molecule has 2 unspecified atom stereocenters. The van der Waals surface area contributed by atoms with Crippen LogP contribution in [0, 0.1) is 0 Å². The van der Waals surface area contributed by atoms with Crippen molar-refractivity contribution in [3.63, 3.8) is 0 Å². The fraction of sp³-hybridized carbons (Fsp3) is 0.938. The minimum atomic E-state index is -4.13. The predicted molar refractivity (Wildman–Crippen MR) is 89.8 cm³/mol. The molecular formula is C16H28F3N5O. The van der Waals surface area contributed by atoms with E-state index in [1.807, 2.05) is 0 Å². The summed E-state index contributed by atoms with van der Waals surface area (Å²) in [6.45, 7) is 5.44. The van der Waals surface area contributed by atoms with Gasteiger partial charge in [-0.1, -0.05) is 0 Å². The first-order valence-electron chi connectivity index (χ1n) is 9.04. The molecule has 0 aliphatic carbocycles. The highest BCUT2D eigenvalue weighted by Crippen LogP contribution is 2.21. The van der Waals surface area contributed by atoms with E-state index in [0.29, 0.717) is 19.1 Å². The van der Waals surface area contributed by atoms with E-state index in [0.717, 1.165) is 58.2 Å². The van der Waals surface area contributed by atoms with E-state index >= 15 is 0 Å². The van der Waals surface area contributed by atoms with Gasteiger partial charge in [0.05, 0.1) is 19.8 Å². The number of ether oxygens (including phenoxy) is 1. The molecular weight excluding hydrogens is 335 g/mol. The van der Waals surface area contributed by atoms with Gasteiger partial charge in [-0.25, -0.2) is 0 Å². The Balaban J connectivity index is 1.47. The number of aliphatic imine (C=N–C) groups is 1. The molecule has 3 aliphatic heterocycles. The summed E-state index contributed by atoms with van der Waals surface area (Å²) in [4.78, 5) is 10.5. The number of morpholine rings is 1. The van der Waals surface area contributed by atoms with Gasteiger partial charge in [-0.3, -0.25) is 14.8 Å². The highest BCUT2D eigenvalue weighted by Gasteiger charge is 2.36. The molecule has 25 heavy (non-hydrogen) atoms. The molecule has 1 N–H and O–H groups in total. The molecule has 0 saturated carbocycles. The summed E-state index contributed by atoms with van der Waals surface area (Å²) in [5.41, 5.74) is 0. The number of alkyl halides is 3. The lowest BCUT2D eigenvalue weighted by molar-refractivity contribution is -0.143. The van der Waals surface area contributed by atoms with E-state index in [2.05, 4.69) is 20.1 Å². The molecule has 3 heterocycles. The molecule has 0 amide bonds. The van der Waals surface area contributed by atoms with Crippen LogP contribution in [-0.4, -0.2) is 105 Å². The third-order valence-corrected chi connectivity index (χ3v) is 5.25. The van der Waals surface area contributed by atoms with Crippen molar-refractivity contribution in [1.82, 2.24) is 20.0 Å². The second-order valence-corrected chi connectivity index (χ2v) is 7.06. The molecule has 144 valence electrons. The van der Waals surface area contributed by atoms with Crippen molar-refractivity contribution in [2.24, 2.45) is 4.99 Å². The van der Waals surface area contributed by atoms with E-state index in [4.69, 9.17) is 4.74 Å². The van der Waals surface area contributed by atoms with Crippen LogP contribution in [0.2, 0.25) is 0 Å². The predicted octanol–water partition coefficient (Wildman–Crippen LogP) is 0.605. The van der Waals surface area contributed by atoms with Crippen LogP contribution in [0.4, 0.5) is 13.2 Å². The zero-order chi connectivity index (χ0) is 17.9. The number of hydrogen-bond donors (Lipinski definition) is 1. The number of nitrogens with zero attached hydrogens (tertiary/aromatic N) is 4. The molecule has 2 atom stereocenters. The molecule has 6 nitrogen and oxygen atoms in total. The highest BCUT2D eigenvalue weighted by atomic mass is 19.4. The SMILES string of the molecule is CN=C(NC1CCN(CC(F)(F)F)C1)N1CCC(N2CCOCC2)C1. The fourth-order valence-corrected chi connectivity index (χ4v) is 4.00. The molecule has 0 radical (unpaired) electrons. The van der Waals surface area contributed by atoms with Gasteiger partial charge >= 0.3 is 6.18 Å².